The maximum absolute atomic E-state index is 5.12. The lowest BCUT2D eigenvalue weighted by molar-refractivity contribution is 0.190. The van der Waals surface area contributed by atoms with Gasteiger partial charge in [-0.3, -0.25) is 3.11 Å². The Bertz CT molecular complexity index is 579. The third kappa shape index (κ3) is 4.53. The average molecular weight is 398 g/mol. The Morgan fingerprint density at radius 3 is 2.67 bits per heavy atom. The zero-order valence-corrected chi connectivity index (χ0v) is 14.5. The molecule has 0 saturated heterocycles. The van der Waals surface area contributed by atoms with E-state index in [1.165, 1.54) is 0 Å². The minimum atomic E-state index is 0.157. The number of para-hydroxylation sites is 1. The second-order valence-electron chi connectivity index (χ2n) is 4.81. The van der Waals surface area contributed by atoms with Crippen molar-refractivity contribution in [2.24, 2.45) is 0 Å². The van der Waals surface area contributed by atoms with Crippen molar-refractivity contribution < 1.29 is 4.74 Å². The lowest BCUT2D eigenvalue weighted by atomic mass is 10.3. The topological polar surface area (TPSA) is 50.3 Å². The minimum Gasteiger partial charge on any atom is -0.383 e. The summed E-state index contributed by atoms with van der Waals surface area (Å²) < 4.78 is 7.14. The molecule has 112 valence electrons. The monoisotopic (exact) mass is 398 g/mol. The standard InChI is InChI=1S/C15H19IN4O/c1-11-9-14(20(16)13-7-5-4-6-8-13)19-15(17-11)18-12(2)10-21-3/h4-9,12H,10H2,1-3H3,(H,17,18,19). The van der Waals surface area contributed by atoms with Gasteiger partial charge in [0.2, 0.25) is 5.95 Å². The van der Waals surface area contributed by atoms with Crippen molar-refractivity contribution in [2.75, 3.05) is 22.1 Å². The maximum Gasteiger partial charge on any atom is 0.225 e. The van der Waals surface area contributed by atoms with Crippen LogP contribution in [0.5, 0.6) is 0 Å². The fourth-order valence-electron chi connectivity index (χ4n) is 1.92. The van der Waals surface area contributed by atoms with Crippen molar-refractivity contribution in [3.05, 3.63) is 42.1 Å². The van der Waals surface area contributed by atoms with Crippen LogP contribution in [0.1, 0.15) is 12.6 Å². The summed E-state index contributed by atoms with van der Waals surface area (Å²) in [6, 6.07) is 12.2. The Balaban J connectivity index is 2.22. The highest BCUT2D eigenvalue weighted by Crippen LogP contribution is 2.28. The van der Waals surface area contributed by atoms with Gasteiger partial charge >= 0.3 is 0 Å². The summed E-state index contributed by atoms with van der Waals surface area (Å²) in [6.07, 6.45) is 0. The van der Waals surface area contributed by atoms with Crippen molar-refractivity contribution in [3.8, 4) is 0 Å². The molecule has 2 rings (SSSR count). The fraction of sp³-hybridized carbons (Fsp3) is 0.333. The first kappa shape index (κ1) is 16.0. The second kappa shape index (κ2) is 7.56. The molecule has 1 aromatic carbocycles. The quantitative estimate of drug-likeness (QED) is 0.594. The van der Waals surface area contributed by atoms with Crippen molar-refractivity contribution in [3.63, 3.8) is 0 Å². The van der Waals surface area contributed by atoms with Crippen LogP contribution < -0.4 is 8.43 Å². The lowest BCUT2D eigenvalue weighted by Crippen LogP contribution is -2.22. The highest BCUT2D eigenvalue weighted by molar-refractivity contribution is 14.1. The molecule has 0 bridgehead atoms. The Morgan fingerprint density at radius 1 is 1.29 bits per heavy atom. The van der Waals surface area contributed by atoms with E-state index < -0.39 is 0 Å². The first-order valence-corrected chi connectivity index (χ1v) is 7.68. The molecule has 1 heterocycles. The maximum atomic E-state index is 5.12. The number of aromatic nitrogens is 2. The van der Waals surface area contributed by atoms with Crippen LogP contribution in [0, 0.1) is 6.92 Å². The van der Waals surface area contributed by atoms with Crippen LogP contribution in [0.2, 0.25) is 0 Å². The molecule has 1 N–H and O–H groups in total. The summed E-state index contributed by atoms with van der Waals surface area (Å²) >= 11 is 2.25. The van der Waals surface area contributed by atoms with Gasteiger partial charge in [-0.15, -0.1) is 0 Å². The third-order valence-electron chi connectivity index (χ3n) is 2.82. The fourth-order valence-corrected chi connectivity index (χ4v) is 2.49. The molecule has 0 saturated carbocycles. The largest absolute Gasteiger partial charge is 0.383 e. The Kier molecular flexibility index (Phi) is 5.75. The summed E-state index contributed by atoms with van der Waals surface area (Å²) in [5.74, 6) is 1.47. The number of ether oxygens (including phenoxy) is 1. The van der Waals surface area contributed by atoms with Gasteiger partial charge in [0.05, 0.1) is 35.2 Å². The number of benzene rings is 1. The molecule has 21 heavy (non-hydrogen) atoms. The van der Waals surface area contributed by atoms with Crippen molar-refractivity contribution in [2.45, 2.75) is 19.9 Å². The average Bonchev–Trinajstić information content (AvgIpc) is 2.47. The van der Waals surface area contributed by atoms with E-state index in [2.05, 4.69) is 38.1 Å². The normalized spacial score (nSPS) is 12.0. The Morgan fingerprint density at radius 2 is 2.00 bits per heavy atom. The number of hydrogen-bond acceptors (Lipinski definition) is 5. The smallest absolute Gasteiger partial charge is 0.225 e. The van der Waals surface area contributed by atoms with Gasteiger partial charge in [0.1, 0.15) is 5.82 Å². The Hall–Kier alpha value is -1.41. The highest BCUT2D eigenvalue weighted by atomic mass is 127. The van der Waals surface area contributed by atoms with Crippen LogP contribution in [-0.2, 0) is 4.74 Å². The molecule has 0 aliphatic heterocycles. The van der Waals surface area contributed by atoms with Gasteiger partial charge in [-0.1, -0.05) is 18.2 Å². The van der Waals surface area contributed by atoms with Gasteiger partial charge in [-0.25, -0.2) is 4.98 Å². The van der Waals surface area contributed by atoms with Gasteiger partial charge in [0.15, 0.2) is 0 Å². The van der Waals surface area contributed by atoms with E-state index in [0.717, 1.165) is 17.2 Å². The van der Waals surface area contributed by atoms with Crippen molar-refractivity contribution >= 4 is 40.3 Å². The lowest BCUT2D eigenvalue weighted by Gasteiger charge is -2.18. The molecule has 0 aliphatic rings. The number of anilines is 3. The number of hydrogen-bond donors (Lipinski definition) is 1. The zero-order valence-electron chi connectivity index (χ0n) is 12.4. The molecule has 1 aromatic heterocycles. The summed E-state index contributed by atoms with van der Waals surface area (Å²) in [6.45, 7) is 4.61. The van der Waals surface area contributed by atoms with E-state index in [4.69, 9.17) is 4.74 Å². The van der Waals surface area contributed by atoms with Crippen molar-refractivity contribution in [1.29, 1.82) is 0 Å². The van der Waals surface area contributed by atoms with Crippen LogP contribution in [-0.4, -0.2) is 29.7 Å². The van der Waals surface area contributed by atoms with E-state index in [9.17, 15) is 0 Å². The number of aryl methyl sites for hydroxylation is 1. The molecule has 5 nitrogen and oxygen atoms in total. The van der Waals surface area contributed by atoms with E-state index in [-0.39, 0.29) is 6.04 Å². The molecule has 1 unspecified atom stereocenters. The minimum absolute atomic E-state index is 0.157. The molecule has 0 aliphatic carbocycles. The predicted octanol–water partition coefficient (Wildman–Crippen LogP) is 3.72. The number of nitrogens with one attached hydrogen (secondary N) is 1. The highest BCUT2D eigenvalue weighted by Gasteiger charge is 2.11. The number of methoxy groups -OCH3 is 1. The molecule has 0 amide bonds. The van der Waals surface area contributed by atoms with E-state index in [0.29, 0.717) is 12.6 Å². The summed E-state index contributed by atoms with van der Waals surface area (Å²) in [7, 11) is 1.68. The summed E-state index contributed by atoms with van der Waals surface area (Å²) in [5, 5.41) is 3.25. The van der Waals surface area contributed by atoms with Gasteiger partial charge < -0.3 is 10.1 Å². The molecule has 0 radical (unpaired) electrons. The van der Waals surface area contributed by atoms with Crippen LogP contribution >= 0.6 is 22.9 Å². The second-order valence-corrected chi connectivity index (χ2v) is 5.77. The van der Waals surface area contributed by atoms with Gasteiger partial charge in [-0.05, 0) is 26.0 Å². The first-order chi connectivity index (χ1) is 10.1. The Labute approximate surface area is 139 Å². The third-order valence-corrected chi connectivity index (χ3v) is 3.87. The van der Waals surface area contributed by atoms with Gasteiger partial charge in [0, 0.05) is 24.9 Å². The van der Waals surface area contributed by atoms with E-state index in [1.54, 1.807) is 7.11 Å². The number of halogens is 1. The zero-order chi connectivity index (χ0) is 15.2. The van der Waals surface area contributed by atoms with E-state index >= 15 is 0 Å². The summed E-state index contributed by atoms with van der Waals surface area (Å²) in [4.78, 5) is 9.00. The van der Waals surface area contributed by atoms with Gasteiger partial charge in [0.25, 0.3) is 0 Å². The predicted molar refractivity (Wildman–Crippen MR) is 94.3 cm³/mol. The molecule has 0 fully saturated rings. The molecular weight excluding hydrogens is 379 g/mol. The molecular formula is C15H19IN4O. The SMILES string of the molecule is COCC(C)Nc1nc(C)cc(N(I)c2ccccc2)n1. The van der Waals surface area contributed by atoms with E-state index in [1.807, 2.05) is 53.4 Å². The van der Waals surface area contributed by atoms with Crippen LogP contribution in [0.4, 0.5) is 17.5 Å². The van der Waals surface area contributed by atoms with Gasteiger partial charge in [-0.2, -0.15) is 4.98 Å². The number of nitrogens with zero attached hydrogens (tertiary/aromatic N) is 3. The first-order valence-electron chi connectivity index (χ1n) is 6.72. The number of rotatable bonds is 6. The van der Waals surface area contributed by atoms with Crippen LogP contribution in [0.15, 0.2) is 36.4 Å². The van der Waals surface area contributed by atoms with Crippen molar-refractivity contribution in [1.82, 2.24) is 9.97 Å². The molecule has 6 heteroatoms. The van der Waals surface area contributed by atoms with Crippen LogP contribution in [0.3, 0.4) is 0 Å². The molecule has 0 spiro atoms. The summed E-state index contributed by atoms with van der Waals surface area (Å²) in [5.41, 5.74) is 2.00. The van der Waals surface area contributed by atoms with Crippen LogP contribution in [0.25, 0.3) is 0 Å². The molecule has 1 atom stereocenters. The molecule has 2 aromatic rings.